The molecule has 1 atom stereocenters. The van der Waals surface area contributed by atoms with E-state index in [0.717, 1.165) is 32.6 Å². The first-order valence-corrected chi connectivity index (χ1v) is 13.1. The molecule has 0 saturated carbocycles. The summed E-state index contributed by atoms with van der Waals surface area (Å²) in [4.78, 5) is 53.7. The molecule has 0 spiro atoms. The lowest BCUT2D eigenvalue weighted by atomic mass is 10.0. The average Bonchev–Trinajstić information content (AvgIpc) is 3.18. The number of aromatic nitrogens is 2. The number of nitrogens with zero attached hydrogens (tertiary/aromatic N) is 2. The number of aryl methyl sites for hydroxylation is 1. The number of benzene rings is 1. The SMILES string of the molecule is CCOC(=O)c1sc2c(c1C)c(=O)n(C(C)(C)C(=O)OC(C)(C)C)c(=O)n2C[C@H](O)c1cc(F)ccc1OC. The van der Waals surface area contributed by atoms with Crippen molar-refractivity contribution in [2.45, 2.75) is 72.3 Å². The minimum atomic E-state index is -1.77. The molecular weight excluding hydrogens is 531 g/mol. The molecule has 2 heterocycles. The minimum absolute atomic E-state index is 0.0118. The number of aliphatic hydroxyl groups is 1. The van der Waals surface area contributed by atoms with E-state index in [1.165, 1.54) is 33.9 Å². The smallest absolute Gasteiger partial charge is 0.348 e. The van der Waals surface area contributed by atoms with E-state index in [2.05, 4.69) is 0 Å². The standard InChI is InChI=1S/C27H33FN2O8S/c1-9-37-23(33)20-14(2)19-21(32)30(27(6,7)24(34)38-26(3,4)5)25(35)29(22(19)39-20)13-17(31)16-12-15(28)10-11-18(16)36-8/h10-12,17,31H,9,13H2,1-8H3/t17-/m0/s1. The molecule has 0 bridgehead atoms. The van der Waals surface area contributed by atoms with Gasteiger partial charge in [-0.3, -0.25) is 9.36 Å². The number of ether oxygens (including phenoxy) is 3. The number of carbonyl (C=O) groups excluding carboxylic acids is 2. The first kappa shape index (κ1) is 30.0. The molecule has 0 saturated heterocycles. The number of methoxy groups -OCH3 is 1. The van der Waals surface area contributed by atoms with Crippen LogP contribution in [-0.2, 0) is 26.4 Å². The Kier molecular flexibility index (Phi) is 8.42. The Balaban J connectivity index is 2.35. The van der Waals surface area contributed by atoms with Crippen molar-refractivity contribution < 1.29 is 33.3 Å². The molecule has 3 aromatic rings. The summed E-state index contributed by atoms with van der Waals surface area (Å²) in [5, 5.41) is 11.1. The molecule has 10 nitrogen and oxygen atoms in total. The third kappa shape index (κ3) is 5.76. The highest BCUT2D eigenvalue weighted by atomic mass is 32.1. The monoisotopic (exact) mass is 564 g/mol. The number of hydrogen-bond donors (Lipinski definition) is 1. The highest BCUT2D eigenvalue weighted by Gasteiger charge is 2.39. The molecule has 1 N–H and O–H groups in total. The van der Waals surface area contributed by atoms with Crippen LogP contribution in [0.2, 0.25) is 0 Å². The molecule has 0 unspecified atom stereocenters. The molecule has 1 aromatic carbocycles. The number of esters is 2. The van der Waals surface area contributed by atoms with Crippen LogP contribution < -0.4 is 16.0 Å². The summed E-state index contributed by atoms with van der Waals surface area (Å²) in [6.07, 6.45) is -1.46. The van der Waals surface area contributed by atoms with E-state index in [0.29, 0.717) is 0 Å². The van der Waals surface area contributed by atoms with E-state index < -0.39 is 52.8 Å². The Morgan fingerprint density at radius 2 is 1.79 bits per heavy atom. The second-order valence-corrected chi connectivity index (χ2v) is 11.5. The fourth-order valence-corrected chi connectivity index (χ4v) is 5.32. The maximum atomic E-state index is 14.0. The molecule has 3 rings (SSSR count). The van der Waals surface area contributed by atoms with Gasteiger partial charge in [0.15, 0.2) is 0 Å². The van der Waals surface area contributed by atoms with Crippen molar-refractivity contribution in [1.82, 2.24) is 9.13 Å². The molecule has 12 heteroatoms. The van der Waals surface area contributed by atoms with Gasteiger partial charge in [0.1, 0.15) is 38.5 Å². The fraction of sp³-hybridized carbons (Fsp3) is 0.481. The average molecular weight is 565 g/mol. The van der Waals surface area contributed by atoms with Gasteiger partial charge in [-0.15, -0.1) is 11.3 Å². The van der Waals surface area contributed by atoms with Gasteiger partial charge in [-0.05, 0) is 72.2 Å². The summed E-state index contributed by atoms with van der Waals surface area (Å²) < 4.78 is 31.8. The van der Waals surface area contributed by atoms with Crippen LogP contribution >= 0.6 is 11.3 Å². The number of aliphatic hydroxyl groups excluding tert-OH is 1. The number of hydrogen-bond acceptors (Lipinski definition) is 9. The van der Waals surface area contributed by atoms with Crippen LogP contribution in [0.3, 0.4) is 0 Å². The van der Waals surface area contributed by atoms with Crippen molar-refractivity contribution in [1.29, 1.82) is 0 Å². The summed E-state index contributed by atoms with van der Waals surface area (Å²) in [6, 6.07) is 3.58. The Hall–Kier alpha value is -3.51. The minimum Gasteiger partial charge on any atom is -0.496 e. The maximum Gasteiger partial charge on any atom is 0.348 e. The molecule has 0 radical (unpaired) electrons. The van der Waals surface area contributed by atoms with Crippen molar-refractivity contribution in [3.8, 4) is 5.75 Å². The normalized spacial score (nSPS) is 12.9. The molecule has 39 heavy (non-hydrogen) atoms. The van der Waals surface area contributed by atoms with Gasteiger partial charge in [0, 0.05) is 5.56 Å². The van der Waals surface area contributed by atoms with E-state index in [9.17, 15) is 28.7 Å². The van der Waals surface area contributed by atoms with Gasteiger partial charge in [-0.25, -0.2) is 23.3 Å². The third-order valence-electron chi connectivity index (χ3n) is 6.04. The van der Waals surface area contributed by atoms with Gasteiger partial charge < -0.3 is 19.3 Å². The Morgan fingerprint density at radius 3 is 2.36 bits per heavy atom. The summed E-state index contributed by atoms with van der Waals surface area (Å²) in [5.74, 6) is -1.95. The second kappa shape index (κ2) is 10.9. The van der Waals surface area contributed by atoms with Crippen LogP contribution in [0.15, 0.2) is 27.8 Å². The van der Waals surface area contributed by atoms with Crippen LogP contribution in [0.1, 0.15) is 68.4 Å². The van der Waals surface area contributed by atoms with E-state index in [4.69, 9.17) is 14.2 Å². The lowest BCUT2D eigenvalue weighted by Gasteiger charge is -2.30. The number of thiophene rings is 1. The molecule has 0 aliphatic rings. The molecule has 0 aliphatic carbocycles. The molecule has 0 fully saturated rings. The first-order valence-electron chi connectivity index (χ1n) is 12.3. The molecular formula is C27H33FN2O8S. The van der Waals surface area contributed by atoms with Gasteiger partial charge in [0.25, 0.3) is 5.56 Å². The predicted molar refractivity (Wildman–Crippen MR) is 144 cm³/mol. The van der Waals surface area contributed by atoms with E-state index >= 15 is 0 Å². The van der Waals surface area contributed by atoms with E-state index in [1.807, 2.05) is 0 Å². The lowest BCUT2D eigenvalue weighted by Crippen LogP contribution is -2.54. The highest BCUT2D eigenvalue weighted by Crippen LogP contribution is 2.32. The maximum absolute atomic E-state index is 14.0. The van der Waals surface area contributed by atoms with Crippen molar-refractivity contribution in [3.63, 3.8) is 0 Å². The number of fused-ring (bicyclic) bond motifs is 1. The second-order valence-electron chi connectivity index (χ2n) is 10.5. The zero-order valence-electron chi connectivity index (χ0n) is 23.2. The van der Waals surface area contributed by atoms with Crippen molar-refractivity contribution in [2.24, 2.45) is 0 Å². The quantitative estimate of drug-likeness (QED) is 0.411. The highest BCUT2D eigenvalue weighted by molar-refractivity contribution is 7.20. The van der Waals surface area contributed by atoms with Crippen LogP contribution in [0, 0.1) is 12.7 Å². The first-order chi connectivity index (χ1) is 18.0. The Labute approximate surface area is 228 Å². The number of halogens is 1. The molecule has 212 valence electrons. The lowest BCUT2D eigenvalue weighted by molar-refractivity contribution is -0.164. The number of rotatable bonds is 8. The largest absolute Gasteiger partial charge is 0.496 e. The molecule has 2 aromatic heterocycles. The topological polar surface area (TPSA) is 126 Å². The van der Waals surface area contributed by atoms with Gasteiger partial charge in [0.2, 0.25) is 0 Å². The van der Waals surface area contributed by atoms with Crippen molar-refractivity contribution in [2.75, 3.05) is 13.7 Å². The Bertz CT molecular complexity index is 1540. The molecule has 0 amide bonds. The van der Waals surface area contributed by atoms with Crippen LogP contribution in [0.4, 0.5) is 4.39 Å². The van der Waals surface area contributed by atoms with Crippen LogP contribution in [-0.4, -0.2) is 45.5 Å². The van der Waals surface area contributed by atoms with Crippen molar-refractivity contribution >= 4 is 33.5 Å². The summed E-state index contributed by atoms with van der Waals surface area (Å²) in [7, 11) is 1.35. The van der Waals surface area contributed by atoms with Crippen LogP contribution in [0.5, 0.6) is 5.75 Å². The van der Waals surface area contributed by atoms with Gasteiger partial charge >= 0.3 is 17.6 Å². The van der Waals surface area contributed by atoms with Gasteiger partial charge in [-0.2, -0.15) is 0 Å². The zero-order valence-corrected chi connectivity index (χ0v) is 24.0. The van der Waals surface area contributed by atoms with Gasteiger partial charge in [0.05, 0.1) is 25.6 Å². The van der Waals surface area contributed by atoms with E-state index in [-0.39, 0.29) is 38.6 Å². The fourth-order valence-electron chi connectivity index (χ4n) is 4.12. The Morgan fingerprint density at radius 1 is 1.15 bits per heavy atom. The van der Waals surface area contributed by atoms with Crippen molar-refractivity contribution in [3.05, 3.63) is 60.9 Å². The zero-order chi connectivity index (χ0) is 29.4. The summed E-state index contributed by atoms with van der Waals surface area (Å²) in [6.45, 7) is 10.5. The summed E-state index contributed by atoms with van der Waals surface area (Å²) >= 11 is 0.857. The molecule has 0 aliphatic heterocycles. The third-order valence-corrected chi connectivity index (χ3v) is 7.33. The van der Waals surface area contributed by atoms with E-state index in [1.54, 1.807) is 27.7 Å². The number of carbonyl (C=O) groups is 2. The summed E-state index contributed by atoms with van der Waals surface area (Å²) in [5.41, 5.74) is -4.06. The predicted octanol–water partition coefficient (Wildman–Crippen LogP) is 3.67. The van der Waals surface area contributed by atoms with Gasteiger partial charge in [-0.1, -0.05) is 0 Å². The van der Waals surface area contributed by atoms with Crippen LogP contribution in [0.25, 0.3) is 10.2 Å².